The molecule has 0 unspecified atom stereocenters. The molecule has 0 fully saturated rings. The van der Waals surface area contributed by atoms with Gasteiger partial charge in [0, 0.05) is 17.8 Å². The lowest BCUT2D eigenvalue weighted by Crippen LogP contribution is -2.41. The summed E-state index contributed by atoms with van der Waals surface area (Å²) in [6, 6.07) is 18.1. The smallest absolute Gasteiger partial charge is 0.0940 e. The van der Waals surface area contributed by atoms with Crippen molar-refractivity contribution in [2.24, 2.45) is 0 Å². The topological polar surface area (TPSA) is 58.3 Å². The Hall–Kier alpha value is -1.84. The molecule has 0 saturated carbocycles. The maximum atomic E-state index is 10.5. The molecule has 3 atom stereocenters. The van der Waals surface area contributed by atoms with Crippen LogP contribution in [0.25, 0.3) is 0 Å². The van der Waals surface area contributed by atoms with Gasteiger partial charge in [0.05, 0.1) is 6.10 Å². The number of aliphatic hydroxyl groups excluding tert-OH is 1. The Kier molecular flexibility index (Phi) is 5.99. The van der Waals surface area contributed by atoms with Crippen LogP contribution < -0.4 is 11.1 Å². The minimum atomic E-state index is -0.498. The summed E-state index contributed by atoms with van der Waals surface area (Å²) in [5.41, 5.74) is 8.72. The summed E-state index contributed by atoms with van der Waals surface area (Å²) >= 11 is 0. The quantitative estimate of drug-likeness (QED) is 0.687. The lowest BCUT2D eigenvalue weighted by Gasteiger charge is -2.26. The zero-order valence-electron chi connectivity index (χ0n) is 13.4. The second-order valence-electron chi connectivity index (χ2n) is 5.86. The number of benzene rings is 2. The molecule has 0 aromatic heterocycles. The fourth-order valence-corrected chi connectivity index (χ4v) is 2.66. The van der Waals surface area contributed by atoms with E-state index in [1.54, 1.807) is 0 Å². The molecule has 3 nitrogen and oxygen atoms in total. The molecule has 0 aliphatic heterocycles. The summed E-state index contributed by atoms with van der Waals surface area (Å²) in [4.78, 5) is 0. The second-order valence-corrected chi connectivity index (χ2v) is 5.86. The van der Waals surface area contributed by atoms with Crippen LogP contribution in [0.15, 0.2) is 54.6 Å². The minimum Gasteiger partial charge on any atom is -0.399 e. The number of hydrogen-bond donors (Lipinski definition) is 3. The number of rotatable bonds is 7. The highest BCUT2D eigenvalue weighted by Gasteiger charge is 2.19. The predicted octanol–water partition coefficient (Wildman–Crippen LogP) is 3.30. The van der Waals surface area contributed by atoms with Crippen LogP contribution in [0.5, 0.6) is 0 Å². The van der Waals surface area contributed by atoms with Gasteiger partial charge in [-0.3, -0.25) is 0 Å². The van der Waals surface area contributed by atoms with E-state index in [2.05, 4.69) is 24.4 Å². The van der Waals surface area contributed by atoms with Gasteiger partial charge in [-0.15, -0.1) is 0 Å². The van der Waals surface area contributed by atoms with Crippen LogP contribution in [0.3, 0.4) is 0 Å². The van der Waals surface area contributed by atoms with Gasteiger partial charge in [0.15, 0.2) is 0 Å². The molecule has 22 heavy (non-hydrogen) atoms. The molecule has 0 bridgehead atoms. The van der Waals surface area contributed by atoms with E-state index in [9.17, 15) is 5.11 Å². The average Bonchev–Trinajstić information content (AvgIpc) is 2.56. The van der Waals surface area contributed by atoms with Crippen LogP contribution in [0.2, 0.25) is 0 Å². The van der Waals surface area contributed by atoms with Crippen molar-refractivity contribution in [3.63, 3.8) is 0 Å². The first-order valence-electron chi connectivity index (χ1n) is 7.93. The van der Waals surface area contributed by atoms with Crippen LogP contribution in [-0.2, 0) is 6.42 Å². The van der Waals surface area contributed by atoms with Gasteiger partial charge in [-0.2, -0.15) is 0 Å². The zero-order chi connectivity index (χ0) is 15.9. The number of nitrogens with two attached hydrogens (primary N) is 1. The molecule has 3 heteroatoms. The van der Waals surface area contributed by atoms with E-state index in [0.29, 0.717) is 6.04 Å². The predicted molar refractivity (Wildman–Crippen MR) is 92.6 cm³/mol. The third-order valence-corrected chi connectivity index (χ3v) is 4.07. The van der Waals surface area contributed by atoms with Crippen molar-refractivity contribution in [1.82, 2.24) is 5.32 Å². The second kappa shape index (κ2) is 7.97. The van der Waals surface area contributed by atoms with Crippen molar-refractivity contribution >= 4 is 5.69 Å². The maximum absolute atomic E-state index is 10.5. The number of nitrogen functional groups attached to an aromatic ring is 1. The highest BCUT2D eigenvalue weighted by atomic mass is 16.3. The van der Waals surface area contributed by atoms with E-state index >= 15 is 0 Å². The van der Waals surface area contributed by atoms with Gasteiger partial charge in [-0.1, -0.05) is 49.4 Å². The van der Waals surface area contributed by atoms with Gasteiger partial charge in [-0.05, 0) is 43.0 Å². The van der Waals surface area contributed by atoms with E-state index in [-0.39, 0.29) is 6.04 Å². The van der Waals surface area contributed by atoms with Crippen molar-refractivity contribution in [3.05, 3.63) is 65.7 Å². The van der Waals surface area contributed by atoms with Crippen LogP contribution in [0.4, 0.5) is 5.69 Å². The Morgan fingerprint density at radius 1 is 1.05 bits per heavy atom. The SMILES string of the molecule is CC[C@@H](Cc1ccc(N)cc1)N[C@H](C)[C@H](O)c1ccccc1. The molecular formula is C19H26N2O. The minimum absolute atomic E-state index is 0.00105. The monoisotopic (exact) mass is 298 g/mol. The van der Waals surface area contributed by atoms with Gasteiger partial charge < -0.3 is 16.2 Å². The van der Waals surface area contributed by atoms with Crippen LogP contribution in [0.1, 0.15) is 37.5 Å². The molecular weight excluding hydrogens is 272 g/mol. The third kappa shape index (κ3) is 4.58. The zero-order valence-corrected chi connectivity index (χ0v) is 13.4. The van der Waals surface area contributed by atoms with Gasteiger partial charge in [0.2, 0.25) is 0 Å². The van der Waals surface area contributed by atoms with Crippen molar-refractivity contribution in [3.8, 4) is 0 Å². The van der Waals surface area contributed by atoms with Crippen molar-refractivity contribution in [1.29, 1.82) is 0 Å². The van der Waals surface area contributed by atoms with E-state index < -0.39 is 6.10 Å². The maximum Gasteiger partial charge on any atom is 0.0940 e. The molecule has 0 radical (unpaired) electrons. The summed E-state index contributed by atoms with van der Waals surface area (Å²) in [6.07, 6.45) is 1.44. The van der Waals surface area contributed by atoms with Crippen LogP contribution >= 0.6 is 0 Å². The molecule has 0 aliphatic carbocycles. The average molecular weight is 298 g/mol. The third-order valence-electron chi connectivity index (χ3n) is 4.07. The van der Waals surface area contributed by atoms with E-state index in [0.717, 1.165) is 24.1 Å². The first kappa shape index (κ1) is 16.5. The molecule has 2 aromatic carbocycles. The fraction of sp³-hybridized carbons (Fsp3) is 0.368. The number of anilines is 1. The molecule has 0 aliphatic rings. The van der Waals surface area contributed by atoms with E-state index in [4.69, 9.17) is 5.73 Å². The van der Waals surface area contributed by atoms with Crippen LogP contribution in [0, 0.1) is 0 Å². The number of hydrogen-bond acceptors (Lipinski definition) is 3. The molecule has 0 amide bonds. The Morgan fingerprint density at radius 2 is 1.68 bits per heavy atom. The van der Waals surface area contributed by atoms with E-state index in [1.165, 1.54) is 5.56 Å². The largest absolute Gasteiger partial charge is 0.399 e. The fourth-order valence-electron chi connectivity index (χ4n) is 2.66. The summed E-state index contributed by atoms with van der Waals surface area (Å²) in [7, 11) is 0. The van der Waals surface area contributed by atoms with Crippen molar-refractivity contribution in [2.45, 2.75) is 44.9 Å². The van der Waals surface area contributed by atoms with Gasteiger partial charge in [-0.25, -0.2) is 0 Å². The molecule has 2 aromatic rings. The van der Waals surface area contributed by atoms with E-state index in [1.807, 2.05) is 49.4 Å². The molecule has 0 spiro atoms. The Labute approximate surface area is 133 Å². The Balaban J connectivity index is 1.95. The normalized spacial score (nSPS) is 15.2. The lowest BCUT2D eigenvalue weighted by molar-refractivity contribution is 0.128. The first-order valence-corrected chi connectivity index (χ1v) is 7.93. The summed E-state index contributed by atoms with van der Waals surface area (Å²) in [6.45, 7) is 4.19. The Morgan fingerprint density at radius 3 is 2.27 bits per heavy atom. The first-order chi connectivity index (χ1) is 10.6. The summed E-state index contributed by atoms with van der Waals surface area (Å²) in [5.74, 6) is 0. The molecule has 2 rings (SSSR count). The van der Waals surface area contributed by atoms with Gasteiger partial charge in [0.25, 0.3) is 0 Å². The standard InChI is InChI=1S/C19H26N2O/c1-3-18(13-15-9-11-17(20)12-10-15)21-14(2)19(22)16-7-5-4-6-8-16/h4-12,14,18-19,21-22H,3,13,20H2,1-2H3/t14-,18+,19+/m1/s1. The Bertz CT molecular complexity index is 553. The van der Waals surface area contributed by atoms with Crippen molar-refractivity contribution in [2.75, 3.05) is 5.73 Å². The highest BCUT2D eigenvalue weighted by molar-refractivity contribution is 5.39. The number of nitrogens with one attached hydrogen (secondary N) is 1. The summed E-state index contributed by atoms with van der Waals surface area (Å²) in [5, 5.41) is 14.0. The number of aliphatic hydroxyl groups is 1. The van der Waals surface area contributed by atoms with Crippen molar-refractivity contribution < 1.29 is 5.11 Å². The van der Waals surface area contributed by atoms with Gasteiger partial charge >= 0.3 is 0 Å². The lowest BCUT2D eigenvalue weighted by atomic mass is 9.99. The molecule has 118 valence electrons. The van der Waals surface area contributed by atoms with Gasteiger partial charge in [0.1, 0.15) is 0 Å². The molecule has 0 heterocycles. The van der Waals surface area contributed by atoms with Crippen LogP contribution in [-0.4, -0.2) is 17.2 Å². The summed E-state index contributed by atoms with van der Waals surface area (Å²) < 4.78 is 0. The molecule has 4 N–H and O–H groups in total. The highest BCUT2D eigenvalue weighted by Crippen LogP contribution is 2.18. The molecule has 0 saturated heterocycles.